The Balaban J connectivity index is 1.55. The Labute approximate surface area is 158 Å². The van der Waals surface area contributed by atoms with Crippen LogP contribution in [0.1, 0.15) is 23.1 Å². The molecule has 0 saturated heterocycles. The standard InChI is InChI=1S/C19H16F3N3OS/c20-12-3-10(4-13(21)7-12)5-17(26)24-16-8-14-11(6-15(16)22)9-19(14)1-2-27-18(23)25-19/h3-4,6-8H,1-2,5,9H2,(H2,23,25)(H,24,26). The van der Waals surface area contributed by atoms with Crippen molar-refractivity contribution in [3.8, 4) is 0 Å². The molecule has 4 rings (SSSR count). The van der Waals surface area contributed by atoms with E-state index in [1.54, 1.807) is 6.07 Å². The van der Waals surface area contributed by atoms with Crippen molar-refractivity contribution in [1.29, 1.82) is 0 Å². The minimum Gasteiger partial charge on any atom is -0.379 e. The summed E-state index contributed by atoms with van der Waals surface area (Å²) in [4.78, 5) is 16.8. The Morgan fingerprint density at radius 1 is 1.19 bits per heavy atom. The van der Waals surface area contributed by atoms with Gasteiger partial charge in [0.1, 0.15) is 17.5 Å². The lowest BCUT2D eigenvalue weighted by Gasteiger charge is -2.43. The average Bonchev–Trinajstić information content (AvgIpc) is 2.56. The van der Waals surface area contributed by atoms with Crippen LogP contribution in [0.5, 0.6) is 0 Å². The predicted molar refractivity (Wildman–Crippen MR) is 99.2 cm³/mol. The third-order valence-corrected chi connectivity index (χ3v) is 5.62. The number of fused-ring (bicyclic) bond motifs is 2. The largest absolute Gasteiger partial charge is 0.379 e. The van der Waals surface area contributed by atoms with Crippen LogP contribution in [-0.2, 0) is 23.2 Å². The first-order valence-electron chi connectivity index (χ1n) is 8.40. The van der Waals surface area contributed by atoms with Gasteiger partial charge in [-0.15, -0.1) is 0 Å². The Hall–Kier alpha value is -2.48. The van der Waals surface area contributed by atoms with E-state index >= 15 is 0 Å². The third-order valence-electron chi connectivity index (χ3n) is 4.83. The van der Waals surface area contributed by atoms with Gasteiger partial charge in [0.2, 0.25) is 5.91 Å². The molecule has 2 aromatic rings. The van der Waals surface area contributed by atoms with Gasteiger partial charge in [-0.25, -0.2) is 13.2 Å². The molecule has 2 aliphatic rings. The minimum atomic E-state index is -0.766. The van der Waals surface area contributed by atoms with E-state index in [4.69, 9.17) is 5.73 Å². The van der Waals surface area contributed by atoms with Crippen LogP contribution >= 0.6 is 11.8 Å². The maximum atomic E-state index is 14.3. The number of aliphatic imine (C=N–C) groups is 1. The lowest BCUT2D eigenvalue weighted by atomic mass is 9.69. The zero-order valence-corrected chi connectivity index (χ0v) is 15.0. The van der Waals surface area contributed by atoms with Gasteiger partial charge < -0.3 is 11.1 Å². The number of thioether (sulfide) groups is 1. The number of amidine groups is 1. The SMILES string of the molecule is NC1=NC2(CCS1)Cc1cc(F)c(NC(=O)Cc3cc(F)cc(F)c3)cc12. The minimum absolute atomic E-state index is 0.0293. The molecule has 27 heavy (non-hydrogen) atoms. The summed E-state index contributed by atoms with van der Waals surface area (Å²) in [5.41, 5.74) is 7.31. The molecule has 1 heterocycles. The van der Waals surface area contributed by atoms with Gasteiger partial charge in [0, 0.05) is 18.2 Å². The number of nitrogens with one attached hydrogen (secondary N) is 1. The number of halogens is 3. The molecule has 1 atom stereocenters. The van der Waals surface area contributed by atoms with Gasteiger partial charge >= 0.3 is 0 Å². The van der Waals surface area contributed by atoms with E-state index in [2.05, 4.69) is 10.3 Å². The Bertz CT molecular complexity index is 959. The maximum Gasteiger partial charge on any atom is 0.228 e. The van der Waals surface area contributed by atoms with Crippen LogP contribution in [0.3, 0.4) is 0 Å². The first kappa shape index (κ1) is 17.9. The summed E-state index contributed by atoms with van der Waals surface area (Å²) in [5.74, 6) is -1.81. The molecule has 1 aliphatic carbocycles. The van der Waals surface area contributed by atoms with Crippen LogP contribution < -0.4 is 11.1 Å². The van der Waals surface area contributed by atoms with Gasteiger partial charge in [-0.05, 0) is 47.4 Å². The van der Waals surface area contributed by atoms with Crippen molar-refractivity contribution in [3.63, 3.8) is 0 Å². The summed E-state index contributed by atoms with van der Waals surface area (Å²) in [6, 6.07) is 5.86. The van der Waals surface area contributed by atoms with Crippen molar-refractivity contribution in [2.75, 3.05) is 11.1 Å². The second-order valence-electron chi connectivity index (χ2n) is 6.75. The van der Waals surface area contributed by atoms with E-state index in [0.29, 0.717) is 11.6 Å². The van der Waals surface area contributed by atoms with Gasteiger partial charge in [-0.3, -0.25) is 9.79 Å². The average molecular weight is 391 g/mol. The molecule has 140 valence electrons. The van der Waals surface area contributed by atoms with Gasteiger partial charge in [0.05, 0.1) is 17.6 Å². The fourth-order valence-corrected chi connectivity index (χ4v) is 4.52. The van der Waals surface area contributed by atoms with Crippen molar-refractivity contribution in [1.82, 2.24) is 0 Å². The van der Waals surface area contributed by atoms with Gasteiger partial charge in [-0.2, -0.15) is 0 Å². The maximum absolute atomic E-state index is 14.3. The summed E-state index contributed by atoms with van der Waals surface area (Å²) in [7, 11) is 0. The van der Waals surface area contributed by atoms with Crippen molar-refractivity contribution in [3.05, 3.63) is 64.5 Å². The van der Waals surface area contributed by atoms with Crippen molar-refractivity contribution < 1.29 is 18.0 Å². The van der Waals surface area contributed by atoms with Crippen molar-refractivity contribution in [2.45, 2.75) is 24.8 Å². The number of nitrogens with zero attached hydrogens (tertiary/aromatic N) is 1. The van der Waals surface area contributed by atoms with Crippen LogP contribution in [-0.4, -0.2) is 16.8 Å². The first-order chi connectivity index (χ1) is 12.8. The van der Waals surface area contributed by atoms with Crippen molar-refractivity contribution in [2.24, 2.45) is 10.7 Å². The Morgan fingerprint density at radius 2 is 1.93 bits per heavy atom. The lowest BCUT2D eigenvalue weighted by Crippen LogP contribution is -2.41. The number of anilines is 1. The summed E-state index contributed by atoms with van der Waals surface area (Å²) >= 11 is 1.49. The molecule has 3 N–H and O–H groups in total. The second kappa shape index (κ2) is 6.60. The van der Waals surface area contributed by atoms with Crippen LogP contribution in [0.2, 0.25) is 0 Å². The van der Waals surface area contributed by atoms with E-state index in [0.717, 1.165) is 41.5 Å². The summed E-state index contributed by atoms with van der Waals surface area (Å²) in [5, 5.41) is 3.00. The predicted octanol–water partition coefficient (Wildman–Crippen LogP) is 3.49. The highest BCUT2D eigenvalue weighted by Crippen LogP contribution is 2.49. The molecule has 0 radical (unpaired) electrons. The molecule has 4 nitrogen and oxygen atoms in total. The molecular weight excluding hydrogens is 375 g/mol. The highest BCUT2D eigenvalue weighted by molar-refractivity contribution is 8.13. The van der Waals surface area contributed by atoms with Gasteiger partial charge in [0.15, 0.2) is 5.17 Å². The molecule has 8 heteroatoms. The van der Waals surface area contributed by atoms with E-state index in [9.17, 15) is 18.0 Å². The third kappa shape index (κ3) is 3.41. The Kier molecular flexibility index (Phi) is 4.38. The number of rotatable bonds is 3. The number of carbonyl (C=O) groups is 1. The molecule has 0 aromatic heterocycles. The summed E-state index contributed by atoms with van der Waals surface area (Å²) < 4.78 is 40.8. The molecule has 1 amide bonds. The fraction of sp³-hybridized carbons (Fsp3) is 0.263. The van der Waals surface area contributed by atoms with E-state index in [-0.39, 0.29) is 17.7 Å². The summed E-state index contributed by atoms with van der Waals surface area (Å²) in [6.07, 6.45) is 1.16. The number of hydrogen-bond donors (Lipinski definition) is 2. The van der Waals surface area contributed by atoms with E-state index in [1.807, 2.05) is 0 Å². The highest BCUT2D eigenvalue weighted by atomic mass is 32.2. The highest BCUT2D eigenvalue weighted by Gasteiger charge is 2.44. The summed E-state index contributed by atoms with van der Waals surface area (Å²) in [6.45, 7) is 0. The number of nitrogens with two attached hydrogens (primary N) is 1. The van der Waals surface area contributed by atoms with Gasteiger partial charge in [-0.1, -0.05) is 11.8 Å². The molecule has 2 aromatic carbocycles. The number of amides is 1. The Morgan fingerprint density at radius 3 is 2.63 bits per heavy atom. The normalized spacial score (nSPS) is 20.6. The lowest BCUT2D eigenvalue weighted by molar-refractivity contribution is -0.115. The number of carbonyl (C=O) groups excluding carboxylic acids is 1. The van der Waals surface area contributed by atoms with Crippen LogP contribution in [0, 0.1) is 17.5 Å². The van der Waals surface area contributed by atoms with Crippen LogP contribution in [0.15, 0.2) is 35.3 Å². The molecule has 1 aliphatic heterocycles. The van der Waals surface area contributed by atoms with Crippen LogP contribution in [0.4, 0.5) is 18.9 Å². The molecule has 1 unspecified atom stereocenters. The molecule has 0 saturated carbocycles. The molecule has 0 bridgehead atoms. The smallest absolute Gasteiger partial charge is 0.228 e. The fourth-order valence-electron chi connectivity index (χ4n) is 3.63. The number of benzene rings is 2. The topological polar surface area (TPSA) is 67.5 Å². The molecular formula is C19H16F3N3OS. The van der Waals surface area contributed by atoms with E-state index in [1.165, 1.54) is 17.8 Å². The number of hydrogen-bond acceptors (Lipinski definition) is 4. The zero-order chi connectivity index (χ0) is 19.2. The molecule has 0 fully saturated rings. The first-order valence-corrected chi connectivity index (χ1v) is 9.39. The van der Waals surface area contributed by atoms with E-state index < -0.39 is 28.9 Å². The monoisotopic (exact) mass is 391 g/mol. The molecule has 1 spiro atoms. The van der Waals surface area contributed by atoms with Crippen LogP contribution in [0.25, 0.3) is 0 Å². The quantitative estimate of drug-likeness (QED) is 0.842. The van der Waals surface area contributed by atoms with Crippen molar-refractivity contribution >= 4 is 28.5 Å². The van der Waals surface area contributed by atoms with Gasteiger partial charge in [0.25, 0.3) is 0 Å². The zero-order valence-electron chi connectivity index (χ0n) is 14.2. The second-order valence-corrected chi connectivity index (χ2v) is 7.86.